The summed E-state index contributed by atoms with van der Waals surface area (Å²) in [5.74, 6) is 0.239. The van der Waals surface area contributed by atoms with Crippen molar-refractivity contribution in [1.82, 2.24) is 20.0 Å². The van der Waals surface area contributed by atoms with Gasteiger partial charge in [0.15, 0.2) is 0 Å². The zero-order valence-corrected chi connectivity index (χ0v) is 14.7. The van der Waals surface area contributed by atoms with Gasteiger partial charge in [-0.05, 0) is 25.3 Å². The SMILES string of the molecule is COCC(N)C(=O)NCc1cc2n(n1)CCCN(C(=O)C1CCC1)C2. The van der Waals surface area contributed by atoms with Crippen LogP contribution in [0.15, 0.2) is 6.07 Å². The Morgan fingerprint density at radius 1 is 1.40 bits per heavy atom. The zero-order valence-electron chi connectivity index (χ0n) is 14.7. The molecule has 0 radical (unpaired) electrons. The molecular weight excluding hydrogens is 322 g/mol. The Morgan fingerprint density at radius 3 is 2.88 bits per heavy atom. The summed E-state index contributed by atoms with van der Waals surface area (Å²) in [5, 5.41) is 7.33. The molecule has 2 amide bonds. The quantitative estimate of drug-likeness (QED) is 0.753. The monoisotopic (exact) mass is 349 g/mol. The number of hydrogen-bond acceptors (Lipinski definition) is 5. The predicted octanol–water partition coefficient (Wildman–Crippen LogP) is 0.00540. The van der Waals surface area contributed by atoms with Gasteiger partial charge in [0.25, 0.3) is 0 Å². The second-order valence-electron chi connectivity index (χ2n) is 6.87. The maximum Gasteiger partial charge on any atom is 0.239 e. The van der Waals surface area contributed by atoms with Crippen LogP contribution in [0, 0.1) is 5.92 Å². The van der Waals surface area contributed by atoms with Crippen molar-refractivity contribution in [3.8, 4) is 0 Å². The largest absolute Gasteiger partial charge is 0.383 e. The van der Waals surface area contributed by atoms with Crippen LogP contribution in [0.25, 0.3) is 0 Å². The molecule has 2 aliphatic rings. The molecular formula is C17H27N5O3. The Bertz CT molecular complexity index is 626. The van der Waals surface area contributed by atoms with Crippen LogP contribution in [0.2, 0.25) is 0 Å². The number of amides is 2. The van der Waals surface area contributed by atoms with E-state index in [1.165, 1.54) is 7.11 Å². The number of ether oxygens (including phenoxy) is 1. The van der Waals surface area contributed by atoms with Gasteiger partial charge in [-0.1, -0.05) is 6.42 Å². The average molecular weight is 349 g/mol. The number of hydrogen-bond donors (Lipinski definition) is 2. The summed E-state index contributed by atoms with van der Waals surface area (Å²) >= 11 is 0. The van der Waals surface area contributed by atoms with Crippen molar-refractivity contribution in [2.75, 3.05) is 20.3 Å². The van der Waals surface area contributed by atoms with Gasteiger partial charge in [0.05, 0.1) is 31.1 Å². The van der Waals surface area contributed by atoms with E-state index in [0.717, 1.165) is 50.2 Å². The van der Waals surface area contributed by atoms with Gasteiger partial charge in [0.1, 0.15) is 6.04 Å². The molecule has 0 bridgehead atoms. The van der Waals surface area contributed by atoms with Crippen LogP contribution in [-0.2, 0) is 34.0 Å². The molecule has 3 rings (SSSR count). The molecule has 1 atom stereocenters. The molecule has 8 heteroatoms. The first kappa shape index (κ1) is 17.9. The van der Waals surface area contributed by atoms with Crippen molar-refractivity contribution < 1.29 is 14.3 Å². The van der Waals surface area contributed by atoms with E-state index in [9.17, 15) is 9.59 Å². The molecule has 1 aromatic rings. The van der Waals surface area contributed by atoms with E-state index in [4.69, 9.17) is 10.5 Å². The first-order valence-electron chi connectivity index (χ1n) is 8.95. The lowest BCUT2D eigenvalue weighted by Crippen LogP contribution is -2.43. The highest BCUT2D eigenvalue weighted by Gasteiger charge is 2.30. The topological polar surface area (TPSA) is 102 Å². The fraction of sp³-hybridized carbons (Fsp3) is 0.706. The van der Waals surface area contributed by atoms with E-state index in [1.807, 2.05) is 15.6 Å². The number of fused-ring (bicyclic) bond motifs is 1. The van der Waals surface area contributed by atoms with E-state index in [-0.39, 0.29) is 24.3 Å². The maximum absolute atomic E-state index is 12.5. The maximum atomic E-state index is 12.5. The second-order valence-corrected chi connectivity index (χ2v) is 6.87. The molecule has 138 valence electrons. The standard InChI is InChI=1S/C17H27N5O3/c1-25-11-15(18)16(23)19-9-13-8-14-10-21(6-3-7-22(14)20-13)17(24)12-4-2-5-12/h8,12,15H,2-7,9-11,18H2,1H3,(H,19,23). The summed E-state index contributed by atoms with van der Waals surface area (Å²) in [6.07, 6.45) is 4.11. The van der Waals surface area contributed by atoms with Crippen molar-refractivity contribution in [3.05, 3.63) is 17.5 Å². The van der Waals surface area contributed by atoms with Crippen molar-refractivity contribution in [3.63, 3.8) is 0 Å². The van der Waals surface area contributed by atoms with Gasteiger partial charge in [0, 0.05) is 26.1 Å². The Morgan fingerprint density at radius 2 is 2.20 bits per heavy atom. The first-order valence-corrected chi connectivity index (χ1v) is 8.95. The van der Waals surface area contributed by atoms with Crippen molar-refractivity contribution in [1.29, 1.82) is 0 Å². The number of methoxy groups -OCH3 is 1. The summed E-state index contributed by atoms with van der Waals surface area (Å²) in [6, 6.07) is 1.29. The van der Waals surface area contributed by atoms with E-state index in [0.29, 0.717) is 13.1 Å². The number of rotatable bonds is 6. The van der Waals surface area contributed by atoms with E-state index in [2.05, 4.69) is 10.4 Å². The minimum Gasteiger partial charge on any atom is -0.383 e. The summed E-state index contributed by atoms with van der Waals surface area (Å²) in [4.78, 5) is 26.3. The third-order valence-electron chi connectivity index (χ3n) is 4.96. The Balaban J connectivity index is 1.59. The smallest absolute Gasteiger partial charge is 0.239 e. The summed E-state index contributed by atoms with van der Waals surface area (Å²) in [7, 11) is 1.51. The molecule has 1 aliphatic heterocycles. The van der Waals surface area contributed by atoms with Gasteiger partial charge >= 0.3 is 0 Å². The fourth-order valence-electron chi connectivity index (χ4n) is 3.27. The predicted molar refractivity (Wildman–Crippen MR) is 91.3 cm³/mol. The second kappa shape index (κ2) is 7.97. The lowest BCUT2D eigenvalue weighted by atomic mass is 9.84. The lowest BCUT2D eigenvalue weighted by molar-refractivity contribution is -0.138. The number of aryl methyl sites for hydroxylation is 1. The normalized spacial score (nSPS) is 18.9. The van der Waals surface area contributed by atoms with Crippen LogP contribution in [-0.4, -0.2) is 52.8 Å². The molecule has 1 saturated carbocycles. The van der Waals surface area contributed by atoms with Crippen molar-refractivity contribution in [2.45, 2.75) is 51.4 Å². The molecule has 3 N–H and O–H groups in total. The van der Waals surface area contributed by atoms with Crippen LogP contribution >= 0.6 is 0 Å². The van der Waals surface area contributed by atoms with Gasteiger partial charge in [0.2, 0.25) is 11.8 Å². The van der Waals surface area contributed by atoms with Crippen molar-refractivity contribution in [2.24, 2.45) is 11.7 Å². The summed E-state index contributed by atoms with van der Waals surface area (Å²) in [5.41, 5.74) is 7.51. The number of nitrogens with zero attached hydrogens (tertiary/aromatic N) is 3. The minimum atomic E-state index is -0.680. The Hall–Kier alpha value is -1.93. The van der Waals surface area contributed by atoms with Crippen LogP contribution in [0.4, 0.5) is 0 Å². The first-order chi connectivity index (χ1) is 12.1. The minimum absolute atomic E-state index is 0.184. The molecule has 1 aromatic heterocycles. The molecule has 8 nitrogen and oxygen atoms in total. The number of nitrogens with two attached hydrogens (primary N) is 1. The van der Waals surface area contributed by atoms with E-state index in [1.54, 1.807) is 0 Å². The van der Waals surface area contributed by atoms with Gasteiger partial charge in [-0.2, -0.15) is 5.10 Å². The molecule has 0 spiro atoms. The summed E-state index contributed by atoms with van der Waals surface area (Å²) in [6.45, 7) is 2.69. The molecule has 1 unspecified atom stereocenters. The van der Waals surface area contributed by atoms with E-state index >= 15 is 0 Å². The lowest BCUT2D eigenvalue weighted by Gasteiger charge is -2.30. The zero-order chi connectivity index (χ0) is 17.8. The number of nitrogens with one attached hydrogen (secondary N) is 1. The molecule has 2 heterocycles. The van der Waals surface area contributed by atoms with Crippen LogP contribution in [0.1, 0.15) is 37.1 Å². The van der Waals surface area contributed by atoms with Gasteiger partial charge in [-0.25, -0.2) is 0 Å². The molecule has 1 fully saturated rings. The highest BCUT2D eigenvalue weighted by atomic mass is 16.5. The third kappa shape index (κ3) is 4.19. The highest BCUT2D eigenvalue weighted by molar-refractivity contribution is 5.81. The van der Waals surface area contributed by atoms with Crippen molar-refractivity contribution >= 4 is 11.8 Å². The number of aromatic nitrogens is 2. The Labute approximate surface area is 147 Å². The van der Waals surface area contributed by atoms with Crippen LogP contribution in [0.3, 0.4) is 0 Å². The van der Waals surface area contributed by atoms with Gasteiger partial charge in [-0.15, -0.1) is 0 Å². The summed E-state index contributed by atoms with van der Waals surface area (Å²) < 4.78 is 6.83. The molecule has 25 heavy (non-hydrogen) atoms. The van der Waals surface area contributed by atoms with E-state index < -0.39 is 6.04 Å². The average Bonchev–Trinajstić information content (AvgIpc) is 2.81. The van der Waals surface area contributed by atoms with Gasteiger partial charge in [-0.3, -0.25) is 14.3 Å². The third-order valence-corrected chi connectivity index (χ3v) is 4.96. The molecule has 0 aromatic carbocycles. The molecule has 0 saturated heterocycles. The van der Waals surface area contributed by atoms with Gasteiger partial charge < -0.3 is 20.7 Å². The fourth-order valence-corrected chi connectivity index (χ4v) is 3.27. The van der Waals surface area contributed by atoms with Crippen LogP contribution in [0.5, 0.6) is 0 Å². The van der Waals surface area contributed by atoms with Crippen LogP contribution < -0.4 is 11.1 Å². The molecule has 1 aliphatic carbocycles. The highest BCUT2D eigenvalue weighted by Crippen LogP contribution is 2.29. The number of carbonyl (C=O) groups is 2. The number of carbonyl (C=O) groups excluding carboxylic acids is 2. The Kier molecular flexibility index (Phi) is 5.70.